The molecule has 0 spiro atoms. The van der Waals surface area contributed by atoms with Crippen LogP contribution in [0.2, 0.25) is 0 Å². The van der Waals surface area contributed by atoms with Crippen LogP contribution in [-0.4, -0.2) is 15.0 Å². The van der Waals surface area contributed by atoms with Gasteiger partial charge in [-0.2, -0.15) is 0 Å². The summed E-state index contributed by atoms with van der Waals surface area (Å²) in [6, 6.07) is 12.1. The van der Waals surface area contributed by atoms with Crippen molar-refractivity contribution in [1.82, 2.24) is 15.0 Å². The molecule has 0 atom stereocenters. The van der Waals surface area contributed by atoms with Gasteiger partial charge in [-0.1, -0.05) is 36.4 Å². The van der Waals surface area contributed by atoms with Gasteiger partial charge in [0.2, 0.25) is 0 Å². The van der Waals surface area contributed by atoms with E-state index in [1.807, 2.05) is 48.6 Å². The van der Waals surface area contributed by atoms with Crippen molar-refractivity contribution < 1.29 is 0 Å². The molecule has 3 aromatic rings. The number of fused-ring (bicyclic) bond motifs is 1. The van der Waals surface area contributed by atoms with Gasteiger partial charge in [0.1, 0.15) is 5.82 Å². The van der Waals surface area contributed by atoms with Crippen molar-refractivity contribution in [1.29, 1.82) is 0 Å². The Morgan fingerprint density at radius 2 is 1.94 bits per heavy atom. The highest BCUT2D eigenvalue weighted by atomic mass is 79.9. The molecule has 3 nitrogen and oxygen atoms in total. The third-order valence-corrected chi connectivity index (χ3v) is 2.99. The Labute approximate surface area is 113 Å². The van der Waals surface area contributed by atoms with Crippen LogP contribution in [0.25, 0.3) is 23.3 Å². The highest BCUT2D eigenvalue weighted by Gasteiger charge is 2.01. The second-order valence-corrected chi connectivity index (χ2v) is 4.81. The number of H-pyrrole nitrogens is 1. The normalized spacial score (nSPS) is 11.4. The highest BCUT2D eigenvalue weighted by molar-refractivity contribution is 9.10. The molecule has 4 heteroatoms. The average molecular weight is 300 g/mol. The third kappa shape index (κ3) is 2.33. The summed E-state index contributed by atoms with van der Waals surface area (Å²) in [6.45, 7) is 0. The predicted molar refractivity (Wildman–Crippen MR) is 77.0 cm³/mol. The minimum atomic E-state index is 0.728. The summed E-state index contributed by atoms with van der Waals surface area (Å²) in [7, 11) is 0. The molecular weight excluding hydrogens is 290 g/mol. The van der Waals surface area contributed by atoms with Gasteiger partial charge in [-0.3, -0.25) is 0 Å². The van der Waals surface area contributed by atoms with Crippen LogP contribution in [0, 0.1) is 0 Å². The molecule has 0 amide bonds. The fourth-order valence-electron chi connectivity index (χ4n) is 1.71. The number of hydrogen-bond acceptors (Lipinski definition) is 2. The lowest BCUT2D eigenvalue weighted by Crippen LogP contribution is -1.75. The molecule has 2 heterocycles. The quantitative estimate of drug-likeness (QED) is 0.780. The number of nitrogens with zero attached hydrogens (tertiary/aromatic N) is 2. The van der Waals surface area contributed by atoms with Crippen LogP contribution >= 0.6 is 15.9 Å². The zero-order valence-electron chi connectivity index (χ0n) is 9.47. The van der Waals surface area contributed by atoms with Crippen LogP contribution < -0.4 is 0 Å². The highest BCUT2D eigenvalue weighted by Crippen LogP contribution is 2.16. The Morgan fingerprint density at radius 1 is 1.11 bits per heavy atom. The van der Waals surface area contributed by atoms with Crippen LogP contribution in [0.5, 0.6) is 0 Å². The molecule has 88 valence electrons. The maximum atomic E-state index is 4.39. The van der Waals surface area contributed by atoms with E-state index < -0.39 is 0 Å². The number of benzene rings is 1. The zero-order chi connectivity index (χ0) is 12.4. The summed E-state index contributed by atoms with van der Waals surface area (Å²) >= 11 is 3.39. The van der Waals surface area contributed by atoms with Crippen LogP contribution in [0.1, 0.15) is 11.4 Å². The van der Waals surface area contributed by atoms with Crippen molar-refractivity contribution >= 4 is 39.2 Å². The minimum Gasteiger partial charge on any atom is -0.337 e. The van der Waals surface area contributed by atoms with Gasteiger partial charge in [-0.15, -0.1) is 0 Å². The number of hydrogen-bond donors (Lipinski definition) is 1. The molecule has 1 aromatic carbocycles. The number of imidazole rings is 1. The smallest absolute Gasteiger partial charge is 0.178 e. The van der Waals surface area contributed by atoms with E-state index in [9.17, 15) is 0 Å². The SMILES string of the molecule is Brc1cnc2nc(C=Cc3ccccc3)[nH]c2c1. The first kappa shape index (κ1) is 11.2. The molecule has 3 rings (SSSR count). The average Bonchev–Trinajstić information content (AvgIpc) is 2.79. The molecule has 0 aliphatic heterocycles. The Bertz CT molecular complexity index is 701. The lowest BCUT2D eigenvalue weighted by atomic mass is 10.2. The first-order valence-corrected chi connectivity index (χ1v) is 6.35. The van der Waals surface area contributed by atoms with Crippen molar-refractivity contribution in [3.8, 4) is 0 Å². The second-order valence-electron chi connectivity index (χ2n) is 3.89. The largest absolute Gasteiger partial charge is 0.337 e. The van der Waals surface area contributed by atoms with E-state index in [2.05, 4.69) is 30.9 Å². The maximum Gasteiger partial charge on any atom is 0.178 e. The molecule has 0 unspecified atom stereocenters. The Balaban J connectivity index is 1.93. The molecule has 0 bridgehead atoms. The number of halogens is 1. The molecule has 0 radical (unpaired) electrons. The van der Waals surface area contributed by atoms with Gasteiger partial charge in [-0.25, -0.2) is 9.97 Å². The van der Waals surface area contributed by atoms with Gasteiger partial charge in [0.15, 0.2) is 5.65 Å². The fourth-order valence-corrected chi connectivity index (χ4v) is 2.04. The van der Waals surface area contributed by atoms with E-state index >= 15 is 0 Å². The van der Waals surface area contributed by atoms with E-state index in [4.69, 9.17) is 0 Å². The Hall–Kier alpha value is -1.94. The number of aromatic nitrogens is 3. The molecule has 1 N–H and O–H groups in total. The molecule has 0 fully saturated rings. The molecule has 0 aliphatic rings. The predicted octanol–water partition coefficient (Wildman–Crippen LogP) is 3.89. The van der Waals surface area contributed by atoms with Crippen LogP contribution in [0.3, 0.4) is 0 Å². The van der Waals surface area contributed by atoms with Crippen molar-refractivity contribution in [2.24, 2.45) is 0 Å². The van der Waals surface area contributed by atoms with Crippen molar-refractivity contribution in [2.75, 3.05) is 0 Å². The summed E-state index contributed by atoms with van der Waals surface area (Å²) in [4.78, 5) is 11.8. The van der Waals surface area contributed by atoms with Crippen LogP contribution in [-0.2, 0) is 0 Å². The summed E-state index contributed by atoms with van der Waals surface area (Å²) in [5.41, 5.74) is 2.80. The molecule has 0 saturated carbocycles. The molecule has 2 aromatic heterocycles. The van der Waals surface area contributed by atoms with Gasteiger partial charge < -0.3 is 4.98 Å². The zero-order valence-corrected chi connectivity index (χ0v) is 11.1. The van der Waals surface area contributed by atoms with Crippen LogP contribution in [0.4, 0.5) is 0 Å². The molecule has 0 saturated heterocycles. The first-order chi connectivity index (χ1) is 8.81. The number of aromatic amines is 1. The summed E-state index contributed by atoms with van der Waals surface area (Å²) < 4.78 is 0.942. The fraction of sp³-hybridized carbons (Fsp3) is 0. The van der Waals surface area contributed by atoms with Crippen molar-refractivity contribution in [3.63, 3.8) is 0 Å². The summed E-state index contributed by atoms with van der Waals surface area (Å²) in [5, 5.41) is 0. The van der Waals surface area contributed by atoms with Gasteiger partial charge in [0, 0.05) is 10.7 Å². The Morgan fingerprint density at radius 3 is 2.78 bits per heavy atom. The third-order valence-electron chi connectivity index (χ3n) is 2.56. The standard InChI is InChI=1S/C14H10BrN3/c15-11-8-12-14(16-9-11)18-13(17-12)7-6-10-4-2-1-3-5-10/h1-9H,(H,16,17,18). The van der Waals surface area contributed by atoms with Gasteiger partial charge in [-0.05, 0) is 33.6 Å². The second kappa shape index (κ2) is 4.74. The van der Waals surface area contributed by atoms with E-state index in [0.29, 0.717) is 0 Å². The maximum absolute atomic E-state index is 4.39. The summed E-state index contributed by atoms with van der Waals surface area (Å²) in [5.74, 6) is 0.805. The van der Waals surface area contributed by atoms with E-state index in [1.165, 1.54) is 0 Å². The van der Waals surface area contributed by atoms with E-state index in [-0.39, 0.29) is 0 Å². The van der Waals surface area contributed by atoms with Gasteiger partial charge in [0.25, 0.3) is 0 Å². The molecular formula is C14H10BrN3. The molecule has 18 heavy (non-hydrogen) atoms. The minimum absolute atomic E-state index is 0.728. The van der Waals surface area contributed by atoms with Gasteiger partial charge >= 0.3 is 0 Å². The van der Waals surface area contributed by atoms with Gasteiger partial charge in [0.05, 0.1) is 5.52 Å². The topological polar surface area (TPSA) is 41.6 Å². The lowest BCUT2D eigenvalue weighted by molar-refractivity contribution is 1.27. The molecule has 0 aliphatic carbocycles. The number of nitrogens with one attached hydrogen (secondary N) is 1. The monoisotopic (exact) mass is 299 g/mol. The van der Waals surface area contributed by atoms with Crippen LogP contribution in [0.15, 0.2) is 47.1 Å². The number of rotatable bonds is 2. The Kier molecular flexibility index (Phi) is 2.94. The van der Waals surface area contributed by atoms with Crippen molar-refractivity contribution in [3.05, 3.63) is 58.5 Å². The first-order valence-electron chi connectivity index (χ1n) is 5.56. The summed E-state index contributed by atoms with van der Waals surface area (Å²) in [6.07, 6.45) is 5.71. The van der Waals surface area contributed by atoms with Crippen molar-refractivity contribution in [2.45, 2.75) is 0 Å². The van der Waals surface area contributed by atoms with E-state index in [1.54, 1.807) is 6.20 Å². The lowest BCUT2D eigenvalue weighted by Gasteiger charge is -1.89. The van der Waals surface area contributed by atoms with E-state index in [0.717, 1.165) is 27.0 Å². The number of pyridine rings is 1.